The maximum absolute atomic E-state index is 9.61. The molecule has 0 amide bonds. The van der Waals surface area contributed by atoms with Crippen molar-refractivity contribution in [2.75, 3.05) is 0 Å². The van der Waals surface area contributed by atoms with Gasteiger partial charge in [-0.15, -0.1) is 0 Å². The van der Waals surface area contributed by atoms with Crippen LogP contribution in [-0.4, -0.2) is 0 Å². The molecule has 17 heavy (non-hydrogen) atoms. The standard InChI is InChI=1S/C16H23N/c17-13-16(14-7-3-1-4-8-14)11-15(12-16)9-5-2-6-10-15/h7H,1-6,8-12H2. The Hall–Kier alpha value is -0.770. The summed E-state index contributed by atoms with van der Waals surface area (Å²) in [6.07, 6.45) is 16.8. The van der Waals surface area contributed by atoms with E-state index in [0.29, 0.717) is 5.41 Å². The van der Waals surface area contributed by atoms with Gasteiger partial charge in [0.15, 0.2) is 0 Å². The van der Waals surface area contributed by atoms with Gasteiger partial charge in [0.2, 0.25) is 0 Å². The van der Waals surface area contributed by atoms with E-state index >= 15 is 0 Å². The summed E-state index contributed by atoms with van der Waals surface area (Å²) in [5.41, 5.74) is 2.05. The van der Waals surface area contributed by atoms with E-state index in [1.165, 1.54) is 76.2 Å². The molecule has 0 radical (unpaired) electrons. The Labute approximate surface area is 105 Å². The molecule has 0 unspecified atom stereocenters. The number of allylic oxidation sites excluding steroid dienone is 2. The summed E-state index contributed by atoms with van der Waals surface area (Å²) in [5.74, 6) is 0. The van der Waals surface area contributed by atoms with Crippen LogP contribution in [0.1, 0.15) is 70.6 Å². The molecular formula is C16H23N. The second-order valence-corrected chi connectivity index (χ2v) is 6.58. The largest absolute Gasteiger partial charge is 0.197 e. The van der Waals surface area contributed by atoms with Gasteiger partial charge in [-0.25, -0.2) is 0 Å². The van der Waals surface area contributed by atoms with Gasteiger partial charge in [-0.2, -0.15) is 5.26 Å². The molecule has 1 nitrogen and oxygen atoms in total. The Morgan fingerprint density at radius 1 is 1.00 bits per heavy atom. The topological polar surface area (TPSA) is 23.8 Å². The van der Waals surface area contributed by atoms with Crippen molar-refractivity contribution in [2.24, 2.45) is 10.8 Å². The van der Waals surface area contributed by atoms with Crippen LogP contribution in [-0.2, 0) is 0 Å². The Balaban J connectivity index is 1.74. The number of nitrogens with zero attached hydrogens (tertiary/aromatic N) is 1. The summed E-state index contributed by atoms with van der Waals surface area (Å²) in [5, 5.41) is 9.61. The lowest BCUT2D eigenvalue weighted by molar-refractivity contribution is -0.0102. The summed E-state index contributed by atoms with van der Waals surface area (Å²) >= 11 is 0. The summed E-state index contributed by atoms with van der Waals surface area (Å²) < 4.78 is 0. The van der Waals surface area contributed by atoms with Crippen molar-refractivity contribution in [3.8, 4) is 6.07 Å². The third-order valence-electron chi connectivity index (χ3n) is 5.39. The van der Waals surface area contributed by atoms with Crippen molar-refractivity contribution in [3.05, 3.63) is 11.6 Å². The monoisotopic (exact) mass is 229 g/mol. The predicted molar refractivity (Wildman–Crippen MR) is 69.3 cm³/mol. The fourth-order valence-corrected chi connectivity index (χ4v) is 4.53. The number of hydrogen-bond donors (Lipinski definition) is 0. The summed E-state index contributed by atoms with van der Waals surface area (Å²) in [4.78, 5) is 0. The highest BCUT2D eigenvalue weighted by Crippen LogP contribution is 2.64. The van der Waals surface area contributed by atoms with Crippen LogP contribution >= 0.6 is 0 Å². The zero-order valence-corrected chi connectivity index (χ0v) is 10.8. The lowest BCUT2D eigenvalue weighted by Crippen LogP contribution is -2.48. The molecular weight excluding hydrogens is 206 g/mol. The molecule has 0 aromatic rings. The molecule has 0 atom stereocenters. The molecule has 3 rings (SSSR count). The Morgan fingerprint density at radius 3 is 2.35 bits per heavy atom. The minimum atomic E-state index is -0.0300. The van der Waals surface area contributed by atoms with Gasteiger partial charge in [0, 0.05) is 0 Å². The molecule has 0 N–H and O–H groups in total. The molecule has 0 aromatic heterocycles. The highest BCUT2D eigenvalue weighted by molar-refractivity contribution is 5.31. The SMILES string of the molecule is N#CC1(C2=CCCCC2)CC2(CCCCC2)C1. The quantitative estimate of drug-likeness (QED) is 0.596. The minimum absolute atomic E-state index is 0.0300. The molecule has 1 spiro atoms. The highest BCUT2D eigenvalue weighted by Gasteiger charge is 2.56. The van der Waals surface area contributed by atoms with Crippen molar-refractivity contribution >= 4 is 0 Å². The van der Waals surface area contributed by atoms with Crippen LogP contribution in [0.25, 0.3) is 0 Å². The molecule has 2 saturated carbocycles. The first-order valence-corrected chi connectivity index (χ1v) is 7.40. The van der Waals surface area contributed by atoms with E-state index in [1.54, 1.807) is 0 Å². The van der Waals surface area contributed by atoms with Crippen molar-refractivity contribution < 1.29 is 0 Å². The molecule has 2 fully saturated rings. The van der Waals surface area contributed by atoms with E-state index in [4.69, 9.17) is 0 Å². The van der Waals surface area contributed by atoms with Crippen molar-refractivity contribution in [1.82, 2.24) is 0 Å². The Kier molecular flexibility index (Phi) is 2.77. The van der Waals surface area contributed by atoms with Crippen LogP contribution in [0.3, 0.4) is 0 Å². The van der Waals surface area contributed by atoms with Gasteiger partial charge in [0.25, 0.3) is 0 Å². The molecule has 0 aliphatic heterocycles. The number of rotatable bonds is 1. The highest BCUT2D eigenvalue weighted by atomic mass is 14.6. The molecule has 3 aliphatic carbocycles. The average Bonchev–Trinajstić information content (AvgIpc) is 2.37. The van der Waals surface area contributed by atoms with Crippen molar-refractivity contribution in [1.29, 1.82) is 5.26 Å². The van der Waals surface area contributed by atoms with Gasteiger partial charge in [-0.3, -0.25) is 0 Å². The van der Waals surface area contributed by atoms with Crippen LogP contribution in [0.15, 0.2) is 11.6 Å². The van der Waals surface area contributed by atoms with Gasteiger partial charge < -0.3 is 0 Å². The fraction of sp³-hybridized carbons (Fsp3) is 0.812. The molecule has 1 heteroatoms. The lowest BCUT2D eigenvalue weighted by atomic mass is 9.46. The first-order valence-electron chi connectivity index (χ1n) is 7.40. The van der Waals surface area contributed by atoms with E-state index in [1.807, 2.05) is 0 Å². The van der Waals surface area contributed by atoms with Gasteiger partial charge in [0.05, 0.1) is 11.5 Å². The molecule has 3 aliphatic rings. The smallest absolute Gasteiger partial charge is 0.0793 e. The Bertz CT molecular complexity index is 357. The van der Waals surface area contributed by atoms with Crippen LogP contribution in [0.2, 0.25) is 0 Å². The fourth-order valence-electron chi connectivity index (χ4n) is 4.53. The van der Waals surface area contributed by atoms with Crippen molar-refractivity contribution in [2.45, 2.75) is 70.6 Å². The zero-order valence-electron chi connectivity index (χ0n) is 10.8. The maximum atomic E-state index is 9.61. The maximum Gasteiger partial charge on any atom is 0.0793 e. The third kappa shape index (κ3) is 1.82. The van der Waals surface area contributed by atoms with Crippen LogP contribution in [0.5, 0.6) is 0 Å². The molecule has 92 valence electrons. The minimum Gasteiger partial charge on any atom is -0.197 e. The summed E-state index contributed by atoms with van der Waals surface area (Å²) in [7, 11) is 0. The number of hydrogen-bond acceptors (Lipinski definition) is 1. The predicted octanol–water partition coefficient (Wildman–Crippen LogP) is 4.74. The van der Waals surface area contributed by atoms with E-state index < -0.39 is 0 Å². The van der Waals surface area contributed by atoms with Crippen LogP contribution in [0.4, 0.5) is 0 Å². The van der Waals surface area contributed by atoms with Crippen LogP contribution < -0.4 is 0 Å². The lowest BCUT2D eigenvalue weighted by Gasteiger charge is -2.56. The first-order chi connectivity index (χ1) is 8.29. The van der Waals surface area contributed by atoms with Gasteiger partial charge in [-0.1, -0.05) is 30.9 Å². The van der Waals surface area contributed by atoms with Gasteiger partial charge in [0.1, 0.15) is 0 Å². The summed E-state index contributed by atoms with van der Waals surface area (Å²) in [6, 6.07) is 2.69. The van der Waals surface area contributed by atoms with Gasteiger partial charge in [-0.05, 0) is 56.8 Å². The van der Waals surface area contributed by atoms with E-state index in [-0.39, 0.29) is 5.41 Å². The third-order valence-corrected chi connectivity index (χ3v) is 5.39. The molecule has 0 bridgehead atoms. The molecule has 0 saturated heterocycles. The second-order valence-electron chi connectivity index (χ2n) is 6.58. The molecule has 0 aromatic carbocycles. The van der Waals surface area contributed by atoms with Crippen molar-refractivity contribution in [3.63, 3.8) is 0 Å². The summed E-state index contributed by atoms with van der Waals surface area (Å²) in [6.45, 7) is 0. The van der Waals surface area contributed by atoms with E-state index in [0.717, 1.165) is 0 Å². The van der Waals surface area contributed by atoms with E-state index in [9.17, 15) is 5.26 Å². The first kappa shape index (κ1) is 11.3. The van der Waals surface area contributed by atoms with E-state index in [2.05, 4.69) is 12.1 Å². The van der Waals surface area contributed by atoms with Crippen LogP contribution in [0, 0.1) is 22.2 Å². The average molecular weight is 229 g/mol. The second kappa shape index (κ2) is 4.16. The number of nitriles is 1. The van der Waals surface area contributed by atoms with Gasteiger partial charge >= 0.3 is 0 Å². The molecule has 0 heterocycles. The zero-order chi connectivity index (χ0) is 11.8. The Morgan fingerprint density at radius 2 is 1.76 bits per heavy atom. The normalized spacial score (nSPS) is 30.2.